The lowest BCUT2D eigenvalue weighted by Gasteiger charge is -2.10. The fourth-order valence-electron chi connectivity index (χ4n) is 3.62. The Morgan fingerprint density at radius 2 is 2.14 bits per heavy atom. The molecule has 3 heterocycles. The van der Waals surface area contributed by atoms with Crippen LogP contribution in [0.3, 0.4) is 0 Å². The smallest absolute Gasteiger partial charge is 0.191 e. The fraction of sp³-hybridized carbons (Fsp3) is 0.421. The number of carbonyl (C=O) groups is 1. The fourth-order valence-corrected chi connectivity index (χ4v) is 6.39. The number of nitrogens with zero attached hydrogens (tertiary/aromatic N) is 3. The van der Waals surface area contributed by atoms with Crippen LogP contribution >= 0.6 is 11.8 Å². The van der Waals surface area contributed by atoms with Crippen molar-refractivity contribution >= 4 is 38.3 Å². The summed E-state index contributed by atoms with van der Waals surface area (Å²) in [6, 6.07) is 7.74. The molecule has 1 aromatic carbocycles. The quantitative estimate of drug-likeness (QED) is 0.488. The Kier molecular flexibility index (Phi) is 5.05. The molecule has 1 aliphatic rings. The molecule has 4 rings (SSSR count). The van der Waals surface area contributed by atoms with Gasteiger partial charge in [0, 0.05) is 36.1 Å². The topological polar surface area (TPSA) is 97.7 Å². The van der Waals surface area contributed by atoms with Gasteiger partial charge in [0.2, 0.25) is 0 Å². The van der Waals surface area contributed by atoms with Crippen molar-refractivity contribution in [1.29, 1.82) is 0 Å². The number of thioether (sulfide) groups is 1. The molecule has 0 aliphatic carbocycles. The predicted molar refractivity (Wildman–Crippen MR) is 109 cm³/mol. The minimum Gasteiger partial charge on any atom is -0.360 e. The second-order valence-electron chi connectivity index (χ2n) is 7.30. The Morgan fingerprint density at radius 1 is 1.36 bits per heavy atom. The molecule has 0 saturated carbocycles. The second-order valence-corrected chi connectivity index (χ2v) is 10.8. The number of Topliss-reactive ketones (excluding diaryl/α,β-unsaturated/α-hetero) is 1. The molecule has 148 valence electrons. The molecule has 1 fully saturated rings. The number of H-pyrrole nitrogens is 1. The van der Waals surface area contributed by atoms with Gasteiger partial charge in [0.25, 0.3) is 0 Å². The highest BCUT2D eigenvalue weighted by Crippen LogP contribution is 2.28. The zero-order chi connectivity index (χ0) is 19.9. The lowest BCUT2D eigenvalue weighted by Crippen LogP contribution is -2.14. The van der Waals surface area contributed by atoms with Crippen molar-refractivity contribution in [2.75, 3.05) is 11.5 Å². The van der Waals surface area contributed by atoms with Crippen LogP contribution in [0.15, 0.2) is 35.6 Å². The summed E-state index contributed by atoms with van der Waals surface area (Å²) in [7, 11) is -1.04. The second kappa shape index (κ2) is 7.36. The summed E-state index contributed by atoms with van der Waals surface area (Å²) in [5, 5.41) is 9.72. The summed E-state index contributed by atoms with van der Waals surface area (Å²) < 4.78 is 25.2. The number of carbonyl (C=O) groups excluding carboxylic acids is 1. The van der Waals surface area contributed by atoms with Gasteiger partial charge in [-0.3, -0.25) is 4.79 Å². The van der Waals surface area contributed by atoms with Crippen LogP contribution in [0.4, 0.5) is 0 Å². The normalized spacial score (nSPS) is 19.9. The average molecular weight is 419 g/mol. The largest absolute Gasteiger partial charge is 0.360 e. The van der Waals surface area contributed by atoms with Gasteiger partial charge in [-0.15, -0.1) is 10.2 Å². The summed E-state index contributed by atoms with van der Waals surface area (Å²) in [6.45, 7) is 1.87. The van der Waals surface area contributed by atoms with E-state index in [1.807, 2.05) is 42.8 Å². The number of para-hydroxylation sites is 1. The molecule has 0 amide bonds. The highest BCUT2D eigenvalue weighted by molar-refractivity contribution is 8.00. The van der Waals surface area contributed by atoms with Crippen LogP contribution in [-0.2, 0) is 23.3 Å². The molecular weight excluding hydrogens is 396 g/mol. The number of rotatable bonds is 6. The Bertz CT molecular complexity index is 1130. The molecule has 0 radical (unpaired) electrons. The summed E-state index contributed by atoms with van der Waals surface area (Å²) in [4.78, 5) is 16.1. The van der Waals surface area contributed by atoms with Crippen LogP contribution in [0, 0.1) is 5.92 Å². The van der Waals surface area contributed by atoms with Gasteiger partial charge in [0.05, 0.1) is 16.8 Å². The zero-order valence-corrected chi connectivity index (χ0v) is 17.4. The Hall–Kier alpha value is -2.13. The summed E-state index contributed by atoms with van der Waals surface area (Å²) in [5.41, 5.74) is 1.62. The van der Waals surface area contributed by atoms with Crippen LogP contribution in [0.5, 0.6) is 0 Å². The Labute approximate surface area is 167 Å². The highest BCUT2D eigenvalue weighted by Gasteiger charge is 2.29. The molecular formula is C19H22N4O3S2. The van der Waals surface area contributed by atoms with Crippen LogP contribution in [0.25, 0.3) is 10.9 Å². The van der Waals surface area contributed by atoms with E-state index in [0.717, 1.165) is 16.7 Å². The van der Waals surface area contributed by atoms with E-state index in [1.165, 1.54) is 11.8 Å². The van der Waals surface area contributed by atoms with Crippen LogP contribution < -0.4 is 0 Å². The molecule has 3 aromatic rings. The Morgan fingerprint density at radius 3 is 2.89 bits per heavy atom. The average Bonchev–Trinajstić information content (AvgIpc) is 3.34. The third-order valence-corrected chi connectivity index (χ3v) is 8.20. The van der Waals surface area contributed by atoms with Crippen molar-refractivity contribution in [3.05, 3.63) is 41.9 Å². The monoisotopic (exact) mass is 418 g/mol. The van der Waals surface area contributed by atoms with Crippen molar-refractivity contribution in [3.8, 4) is 0 Å². The molecule has 1 saturated heterocycles. The molecule has 0 spiro atoms. The first-order valence-electron chi connectivity index (χ1n) is 9.20. The third kappa shape index (κ3) is 3.73. The van der Waals surface area contributed by atoms with E-state index >= 15 is 0 Å². The lowest BCUT2D eigenvalue weighted by molar-refractivity contribution is 0.0995. The first-order valence-corrected chi connectivity index (χ1v) is 11.9. The van der Waals surface area contributed by atoms with Gasteiger partial charge in [-0.05, 0) is 25.3 Å². The van der Waals surface area contributed by atoms with Gasteiger partial charge in [-0.2, -0.15) is 0 Å². The number of sulfone groups is 1. The van der Waals surface area contributed by atoms with E-state index in [-0.39, 0.29) is 28.5 Å². The van der Waals surface area contributed by atoms with E-state index < -0.39 is 9.84 Å². The highest BCUT2D eigenvalue weighted by atomic mass is 32.2. The number of hydrogen-bond donors (Lipinski definition) is 1. The SMILES string of the molecule is C[C@@H](Sc1nnc(C[C@@H]2CCS(=O)(=O)C2)n1C)C(=O)c1c[nH]c2ccccc12. The van der Waals surface area contributed by atoms with E-state index in [0.29, 0.717) is 23.6 Å². The maximum Gasteiger partial charge on any atom is 0.191 e. The number of nitrogens with one attached hydrogen (secondary N) is 1. The number of fused-ring (bicyclic) bond motifs is 1. The van der Waals surface area contributed by atoms with Crippen molar-refractivity contribution in [2.24, 2.45) is 13.0 Å². The molecule has 1 N–H and O–H groups in total. The molecule has 9 heteroatoms. The minimum absolute atomic E-state index is 0.0360. The van der Waals surface area contributed by atoms with Crippen molar-refractivity contribution in [1.82, 2.24) is 19.7 Å². The number of ketones is 1. The number of aromatic amines is 1. The summed E-state index contributed by atoms with van der Waals surface area (Å²) in [6.07, 6.45) is 3.02. The van der Waals surface area contributed by atoms with Gasteiger partial charge in [-0.1, -0.05) is 30.0 Å². The standard InChI is InChI=1S/C19H22N4O3S2/c1-12(18(24)15-10-20-16-6-4-3-5-14(15)16)27-19-22-21-17(23(19)2)9-13-7-8-28(25,26)11-13/h3-6,10,12-13,20H,7-9,11H2,1-2H3/t12-,13+/m1/s1. The zero-order valence-electron chi connectivity index (χ0n) is 15.8. The van der Waals surface area contributed by atoms with Gasteiger partial charge < -0.3 is 9.55 Å². The molecule has 28 heavy (non-hydrogen) atoms. The van der Waals surface area contributed by atoms with E-state index in [9.17, 15) is 13.2 Å². The van der Waals surface area contributed by atoms with Gasteiger partial charge in [0.1, 0.15) is 5.82 Å². The van der Waals surface area contributed by atoms with Crippen molar-refractivity contribution in [2.45, 2.75) is 30.2 Å². The predicted octanol–water partition coefficient (Wildman–Crippen LogP) is 2.64. The summed E-state index contributed by atoms with van der Waals surface area (Å²) >= 11 is 1.37. The van der Waals surface area contributed by atoms with Gasteiger partial charge in [0.15, 0.2) is 20.8 Å². The van der Waals surface area contributed by atoms with E-state index in [2.05, 4.69) is 15.2 Å². The number of benzene rings is 1. The maximum atomic E-state index is 12.9. The lowest BCUT2D eigenvalue weighted by atomic mass is 10.1. The molecule has 0 unspecified atom stereocenters. The van der Waals surface area contributed by atoms with Crippen molar-refractivity contribution in [3.63, 3.8) is 0 Å². The van der Waals surface area contributed by atoms with Gasteiger partial charge >= 0.3 is 0 Å². The van der Waals surface area contributed by atoms with E-state index in [1.54, 1.807) is 6.20 Å². The molecule has 7 nitrogen and oxygen atoms in total. The first-order chi connectivity index (χ1) is 13.3. The van der Waals surface area contributed by atoms with Crippen LogP contribution in [-0.4, -0.2) is 50.7 Å². The van der Waals surface area contributed by atoms with E-state index in [4.69, 9.17) is 0 Å². The summed E-state index contributed by atoms with van der Waals surface area (Å²) in [5.74, 6) is 1.37. The number of aromatic nitrogens is 4. The maximum absolute atomic E-state index is 12.9. The molecule has 2 atom stereocenters. The van der Waals surface area contributed by atoms with Crippen LogP contribution in [0.2, 0.25) is 0 Å². The van der Waals surface area contributed by atoms with Crippen LogP contribution in [0.1, 0.15) is 29.5 Å². The van der Waals surface area contributed by atoms with Crippen molar-refractivity contribution < 1.29 is 13.2 Å². The first kappa shape index (κ1) is 19.2. The molecule has 2 aromatic heterocycles. The number of hydrogen-bond acceptors (Lipinski definition) is 6. The third-order valence-electron chi connectivity index (χ3n) is 5.23. The molecule has 0 bridgehead atoms. The Balaban J connectivity index is 1.47. The van der Waals surface area contributed by atoms with Gasteiger partial charge in [-0.25, -0.2) is 8.42 Å². The minimum atomic E-state index is -2.91. The molecule has 1 aliphatic heterocycles.